The molecule has 0 fully saturated rings. The third kappa shape index (κ3) is 6.01. The fourth-order valence-electron chi connectivity index (χ4n) is 1.46. The summed E-state index contributed by atoms with van der Waals surface area (Å²) < 4.78 is 1.71. The summed E-state index contributed by atoms with van der Waals surface area (Å²) in [6, 6.07) is 0. The van der Waals surface area contributed by atoms with Gasteiger partial charge in [0.2, 0.25) is 0 Å². The van der Waals surface area contributed by atoms with Gasteiger partial charge in [0.1, 0.15) is 0 Å². The average Bonchev–Trinajstić information content (AvgIpc) is 2.69. The number of aliphatic carboxylic acids is 1. The smallest absolute Gasteiger partial charge is 0.303 e. The van der Waals surface area contributed by atoms with Crippen molar-refractivity contribution in [2.75, 3.05) is 0 Å². The van der Waals surface area contributed by atoms with E-state index >= 15 is 0 Å². The molecule has 0 bridgehead atoms. The van der Waals surface area contributed by atoms with E-state index in [0.717, 1.165) is 18.5 Å². The number of carboxylic acids is 1. The van der Waals surface area contributed by atoms with Crippen LogP contribution in [0.4, 0.5) is 0 Å². The molecule has 0 aliphatic carbocycles. The van der Waals surface area contributed by atoms with Crippen molar-refractivity contribution in [1.29, 1.82) is 0 Å². The predicted molar refractivity (Wildman–Crippen MR) is 61.5 cm³/mol. The number of carbonyl (C=O) groups is 1. The van der Waals surface area contributed by atoms with Gasteiger partial charge in [0.15, 0.2) is 0 Å². The molecule has 0 saturated heterocycles. The van der Waals surface area contributed by atoms with Crippen LogP contribution >= 0.6 is 0 Å². The molecule has 17 heavy (non-hydrogen) atoms. The third-order valence-corrected chi connectivity index (χ3v) is 2.44. The Hall–Kier alpha value is -1.43. The minimum Gasteiger partial charge on any atom is -0.481 e. The van der Waals surface area contributed by atoms with E-state index < -0.39 is 5.97 Å². The number of aliphatic hydroxyl groups is 1. The second-order valence-electron chi connectivity index (χ2n) is 4.21. The molecule has 0 spiro atoms. The van der Waals surface area contributed by atoms with E-state index in [4.69, 9.17) is 10.2 Å². The molecule has 1 rings (SSSR count). The average molecular weight is 241 g/mol. The lowest BCUT2D eigenvalue weighted by Gasteiger charge is -2.02. The lowest BCUT2D eigenvalue weighted by atomic mass is 10.1. The number of hydrogen-bond acceptors (Lipinski definition) is 4. The minimum absolute atomic E-state index is 0.205. The van der Waals surface area contributed by atoms with Crippen LogP contribution in [0.5, 0.6) is 0 Å². The summed E-state index contributed by atoms with van der Waals surface area (Å²) in [5, 5.41) is 25.5. The Bertz CT molecular complexity index is 349. The van der Waals surface area contributed by atoms with E-state index in [9.17, 15) is 4.79 Å². The lowest BCUT2D eigenvalue weighted by Crippen LogP contribution is -2.07. The Labute approximate surface area is 100 Å². The van der Waals surface area contributed by atoms with Gasteiger partial charge in [0, 0.05) is 19.2 Å². The van der Waals surface area contributed by atoms with Crippen molar-refractivity contribution in [3.63, 3.8) is 0 Å². The number of hydrogen-bond donors (Lipinski definition) is 2. The molecule has 0 aliphatic rings. The van der Waals surface area contributed by atoms with E-state index in [1.165, 1.54) is 0 Å². The van der Waals surface area contributed by atoms with Crippen molar-refractivity contribution in [3.8, 4) is 0 Å². The highest BCUT2D eigenvalue weighted by Gasteiger charge is 2.03. The van der Waals surface area contributed by atoms with Gasteiger partial charge in [-0.05, 0) is 32.6 Å². The maximum Gasteiger partial charge on any atom is 0.303 e. The summed E-state index contributed by atoms with van der Waals surface area (Å²) in [4.78, 5) is 10.3. The third-order valence-electron chi connectivity index (χ3n) is 2.44. The first kappa shape index (κ1) is 13.6. The van der Waals surface area contributed by atoms with Gasteiger partial charge in [-0.1, -0.05) is 5.21 Å². The summed E-state index contributed by atoms with van der Waals surface area (Å²) in [7, 11) is 0. The van der Waals surface area contributed by atoms with E-state index in [0.29, 0.717) is 19.4 Å². The summed E-state index contributed by atoms with van der Waals surface area (Å²) in [5.74, 6) is -0.759. The van der Waals surface area contributed by atoms with Crippen LogP contribution in [0, 0.1) is 0 Å². The summed E-state index contributed by atoms with van der Waals surface area (Å²) in [6.07, 6.45) is 4.60. The lowest BCUT2D eigenvalue weighted by molar-refractivity contribution is -0.137. The Balaban J connectivity index is 2.23. The number of unbranched alkanes of at least 4 members (excludes halogenated alkanes) is 1. The van der Waals surface area contributed by atoms with Crippen LogP contribution in [-0.2, 0) is 17.8 Å². The molecule has 6 nitrogen and oxygen atoms in total. The monoisotopic (exact) mass is 241 g/mol. The van der Waals surface area contributed by atoms with Gasteiger partial charge in [0.05, 0.1) is 11.8 Å². The largest absolute Gasteiger partial charge is 0.481 e. The zero-order chi connectivity index (χ0) is 12.7. The molecule has 2 N–H and O–H groups in total. The number of rotatable bonds is 8. The predicted octanol–water partition coefficient (Wildman–Crippen LogP) is 0.846. The molecule has 0 amide bonds. The van der Waals surface area contributed by atoms with Gasteiger partial charge in [-0.3, -0.25) is 9.48 Å². The van der Waals surface area contributed by atoms with Crippen molar-refractivity contribution in [3.05, 3.63) is 11.9 Å². The fraction of sp³-hybridized carbons (Fsp3) is 0.727. The molecule has 0 saturated carbocycles. The Morgan fingerprint density at radius 1 is 1.53 bits per heavy atom. The van der Waals surface area contributed by atoms with Gasteiger partial charge in [-0.25, -0.2) is 0 Å². The molecular formula is C11H19N3O3. The topological polar surface area (TPSA) is 88.2 Å². The highest BCUT2D eigenvalue weighted by Crippen LogP contribution is 2.04. The van der Waals surface area contributed by atoms with Crippen LogP contribution in [0.2, 0.25) is 0 Å². The number of nitrogens with zero attached hydrogens (tertiary/aromatic N) is 3. The molecule has 1 heterocycles. The first-order valence-corrected chi connectivity index (χ1v) is 5.87. The molecule has 1 unspecified atom stereocenters. The molecule has 6 heteroatoms. The van der Waals surface area contributed by atoms with Crippen LogP contribution in [0.3, 0.4) is 0 Å². The highest BCUT2D eigenvalue weighted by molar-refractivity contribution is 5.66. The number of carboxylic acid groups (broad SMARTS) is 1. The van der Waals surface area contributed by atoms with Gasteiger partial charge < -0.3 is 10.2 Å². The Morgan fingerprint density at radius 2 is 2.29 bits per heavy atom. The van der Waals surface area contributed by atoms with Crippen LogP contribution in [0.25, 0.3) is 0 Å². The number of aromatic nitrogens is 3. The van der Waals surface area contributed by atoms with Crippen molar-refractivity contribution in [2.24, 2.45) is 0 Å². The molecule has 0 radical (unpaired) electrons. The van der Waals surface area contributed by atoms with Crippen LogP contribution < -0.4 is 0 Å². The zero-order valence-electron chi connectivity index (χ0n) is 10.0. The van der Waals surface area contributed by atoms with E-state index in [2.05, 4.69) is 10.3 Å². The maximum atomic E-state index is 10.3. The van der Waals surface area contributed by atoms with Crippen molar-refractivity contribution in [2.45, 2.75) is 51.7 Å². The van der Waals surface area contributed by atoms with E-state index in [-0.39, 0.29) is 12.5 Å². The Kier molecular flexibility index (Phi) is 5.62. The van der Waals surface area contributed by atoms with Crippen LogP contribution in [0.1, 0.15) is 38.3 Å². The van der Waals surface area contributed by atoms with Crippen molar-refractivity contribution >= 4 is 5.97 Å². The van der Waals surface area contributed by atoms with Gasteiger partial charge in [0.25, 0.3) is 0 Å². The normalized spacial score (nSPS) is 12.6. The van der Waals surface area contributed by atoms with Crippen molar-refractivity contribution in [1.82, 2.24) is 15.0 Å². The standard InChI is InChI=1S/C11H19N3O3/c1-9(15)6-7-14-8-10(12-13-14)4-2-3-5-11(16)17/h8-9,15H,2-7H2,1H3,(H,16,17). The van der Waals surface area contributed by atoms with Crippen LogP contribution in [0.15, 0.2) is 6.20 Å². The first-order chi connectivity index (χ1) is 8.08. The molecule has 1 aromatic rings. The van der Waals surface area contributed by atoms with E-state index in [1.54, 1.807) is 11.6 Å². The second-order valence-corrected chi connectivity index (χ2v) is 4.21. The van der Waals surface area contributed by atoms with Crippen molar-refractivity contribution < 1.29 is 15.0 Å². The quantitative estimate of drug-likeness (QED) is 0.659. The Morgan fingerprint density at radius 3 is 2.94 bits per heavy atom. The number of aryl methyl sites for hydroxylation is 2. The highest BCUT2D eigenvalue weighted by atomic mass is 16.4. The second kappa shape index (κ2) is 7.01. The van der Waals surface area contributed by atoms with Gasteiger partial charge in [-0.2, -0.15) is 0 Å². The molecular weight excluding hydrogens is 222 g/mol. The SMILES string of the molecule is CC(O)CCn1cc(CCCCC(=O)O)nn1. The molecule has 1 aromatic heterocycles. The molecule has 0 aromatic carbocycles. The molecule has 96 valence electrons. The summed E-state index contributed by atoms with van der Waals surface area (Å²) in [6.45, 7) is 2.39. The van der Waals surface area contributed by atoms with Crippen LogP contribution in [-0.4, -0.2) is 37.3 Å². The first-order valence-electron chi connectivity index (χ1n) is 5.87. The number of aliphatic hydroxyl groups excluding tert-OH is 1. The minimum atomic E-state index is -0.759. The maximum absolute atomic E-state index is 10.3. The molecule has 1 atom stereocenters. The summed E-state index contributed by atoms with van der Waals surface area (Å²) in [5.41, 5.74) is 0.876. The van der Waals surface area contributed by atoms with Gasteiger partial charge >= 0.3 is 5.97 Å². The van der Waals surface area contributed by atoms with Gasteiger partial charge in [-0.15, -0.1) is 5.10 Å². The fourth-order valence-corrected chi connectivity index (χ4v) is 1.46. The molecule has 0 aliphatic heterocycles. The zero-order valence-corrected chi connectivity index (χ0v) is 10.0. The van der Waals surface area contributed by atoms with E-state index in [1.807, 2.05) is 6.20 Å². The summed E-state index contributed by atoms with van der Waals surface area (Å²) >= 11 is 0.